The van der Waals surface area contributed by atoms with Gasteiger partial charge in [0, 0.05) is 0 Å². The van der Waals surface area contributed by atoms with Gasteiger partial charge in [-0.05, 0) is 27.7 Å². The van der Waals surface area contributed by atoms with Gasteiger partial charge in [0.1, 0.15) is 0 Å². The number of hydrogen-bond acceptors (Lipinski definition) is 4. The fourth-order valence-electron chi connectivity index (χ4n) is 3.01. The number of nitrogens with zero attached hydrogens (tertiary/aromatic N) is 2. The molecule has 2 aromatic carbocycles. The molecular formula is C22H22N2O4. The molecule has 0 bridgehead atoms. The Morgan fingerprint density at radius 2 is 1.71 bits per heavy atom. The van der Waals surface area contributed by atoms with E-state index < -0.39 is 22.8 Å². The van der Waals surface area contributed by atoms with Gasteiger partial charge in [-0.1, -0.05) is 69.3 Å². The summed E-state index contributed by atoms with van der Waals surface area (Å²) in [6.45, 7) is 6.69. The van der Waals surface area contributed by atoms with Crippen molar-refractivity contribution >= 4 is 5.97 Å². The van der Waals surface area contributed by atoms with Crippen molar-refractivity contribution in [2.75, 3.05) is 0 Å². The summed E-state index contributed by atoms with van der Waals surface area (Å²) in [5.74, 6) is -2.11. The molecule has 1 heterocycles. The minimum atomic E-state index is -1.47. The number of carboxylic acid groups (broad SMARTS) is 1. The normalized spacial score (nSPS) is 11.4. The molecule has 0 fully saturated rings. The second kappa shape index (κ2) is 7.31. The molecule has 2 N–H and O–H groups in total. The lowest BCUT2D eigenvalue weighted by Gasteiger charge is -2.19. The summed E-state index contributed by atoms with van der Waals surface area (Å²) in [4.78, 5) is 22.9. The van der Waals surface area contributed by atoms with Gasteiger partial charge in [-0.25, -0.2) is 4.79 Å². The number of aromatic nitrogens is 2. The molecule has 0 aliphatic rings. The van der Waals surface area contributed by atoms with Gasteiger partial charge in [0.2, 0.25) is 5.69 Å². The average Bonchev–Trinajstić information content (AvgIpc) is 2.64. The maximum absolute atomic E-state index is 11.7. The number of benzene rings is 2. The van der Waals surface area contributed by atoms with Gasteiger partial charge in [0.05, 0.1) is 12.7 Å². The lowest BCUT2D eigenvalue weighted by molar-refractivity contribution is 0.0685. The topological polar surface area (TPSA) is 92.4 Å². The third-order valence-corrected chi connectivity index (χ3v) is 4.56. The number of carboxylic acids is 1. The molecule has 0 unspecified atom stereocenters. The van der Waals surface area contributed by atoms with E-state index in [1.807, 2.05) is 24.3 Å². The Balaban J connectivity index is 2.00. The van der Waals surface area contributed by atoms with E-state index in [9.17, 15) is 14.7 Å². The zero-order valence-corrected chi connectivity index (χ0v) is 16.0. The highest BCUT2D eigenvalue weighted by atomic mass is 16.4. The molecule has 0 atom stereocenters. The van der Waals surface area contributed by atoms with Gasteiger partial charge >= 0.3 is 5.97 Å². The first-order chi connectivity index (χ1) is 13.2. The maximum Gasteiger partial charge on any atom is 0.360 e. The van der Waals surface area contributed by atoms with E-state index in [0.29, 0.717) is 0 Å². The molecule has 0 aliphatic heterocycles. The molecule has 144 valence electrons. The van der Waals surface area contributed by atoms with Crippen LogP contribution < -0.4 is 5.43 Å². The Hall–Kier alpha value is -3.41. The molecule has 28 heavy (non-hydrogen) atoms. The molecular weight excluding hydrogens is 356 g/mol. The number of carbonyl (C=O) groups is 1. The van der Waals surface area contributed by atoms with Crippen molar-refractivity contribution < 1.29 is 15.0 Å². The minimum absolute atomic E-state index is 0.0582. The summed E-state index contributed by atoms with van der Waals surface area (Å²) in [6, 6.07) is 16.0. The van der Waals surface area contributed by atoms with Crippen LogP contribution in [0.25, 0.3) is 11.1 Å². The van der Waals surface area contributed by atoms with Crippen LogP contribution in [0.5, 0.6) is 5.75 Å². The third-order valence-electron chi connectivity index (χ3n) is 4.56. The van der Waals surface area contributed by atoms with Crippen LogP contribution in [0.3, 0.4) is 0 Å². The van der Waals surface area contributed by atoms with Crippen LogP contribution in [0.2, 0.25) is 0 Å². The third kappa shape index (κ3) is 3.96. The van der Waals surface area contributed by atoms with Gasteiger partial charge in [-0.2, -0.15) is 5.10 Å². The van der Waals surface area contributed by atoms with Gasteiger partial charge in [-0.3, -0.25) is 9.48 Å². The Labute approximate surface area is 162 Å². The van der Waals surface area contributed by atoms with Crippen LogP contribution in [0, 0.1) is 0 Å². The molecule has 0 saturated heterocycles. The zero-order valence-electron chi connectivity index (χ0n) is 16.0. The van der Waals surface area contributed by atoms with Crippen molar-refractivity contribution in [2.45, 2.75) is 32.7 Å². The van der Waals surface area contributed by atoms with Crippen molar-refractivity contribution in [3.8, 4) is 16.9 Å². The second-order valence-corrected chi connectivity index (χ2v) is 7.68. The first kappa shape index (κ1) is 19.4. The Morgan fingerprint density at radius 1 is 1.07 bits per heavy atom. The summed E-state index contributed by atoms with van der Waals surface area (Å²) in [5.41, 5.74) is 2.47. The molecule has 0 spiro atoms. The molecule has 0 saturated carbocycles. The van der Waals surface area contributed by atoms with E-state index in [0.717, 1.165) is 22.9 Å². The number of rotatable bonds is 4. The van der Waals surface area contributed by atoms with E-state index in [-0.39, 0.29) is 12.0 Å². The molecule has 0 radical (unpaired) electrons. The highest BCUT2D eigenvalue weighted by molar-refractivity contribution is 5.85. The molecule has 0 amide bonds. The van der Waals surface area contributed by atoms with Crippen LogP contribution in [0.4, 0.5) is 0 Å². The smallest absolute Gasteiger partial charge is 0.360 e. The molecule has 3 rings (SSSR count). The van der Waals surface area contributed by atoms with Crippen molar-refractivity contribution in [3.63, 3.8) is 0 Å². The Bertz CT molecular complexity index is 1080. The van der Waals surface area contributed by atoms with E-state index in [4.69, 9.17) is 5.11 Å². The van der Waals surface area contributed by atoms with E-state index in [1.165, 1.54) is 10.2 Å². The maximum atomic E-state index is 11.7. The Morgan fingerprint density at radius 3 is 2.32 bits per heavy atom. The lowest BCUT2D eigenvalue weighted by Crippen LogP contribution is -2.22. The molecule has 0 aliphatic carbocycles. The molecule has 3 aromatic rings. The fraction of sp³-hybridized carbons (Fsp3) is 0.227. The number of hydrogen-bond donors (Lipinski definition) is 2. The van der Waals surface area contributed by atoms with Crippen molar-refractivity contribution in [3.05, 3.63) is 81.8 Å². The fourth-order valence-corrected chi connectivity index (χ4v) is 3.01. The lowest BCUT2D eigenvalue weighted by atomic mass is 9.86. The van der Waals surface area contributed by atoms with Gasteiger partial charge in [0.25, 0.3) is 5.43 Å². The minimum Gasteiger partial charge on any atom is -0.503 e. The monoisotopic (exact) mass is 378 g/mol. The highest BCUT2D eigenvalue weighted by Gasteiger charge is 2.17. The predicted molar refractivity (Wildman–Crippen MR) is 107 cm³/mol. The van der Waals surface area contributed by atoms with Gasteiger partial charge in [0.15, 0.2) is 5.75 Å². The summed E-state index contributed by atoms with van der Waals surface area (Å²) in [7, 11) is 0. The van der Waals surface area contributed by atoms with Crippen molar-refractivity contribution in [2.24, 2.45) is 0 Å². The van der Waals surface area contributed by atoms with Crippen molar-refractivity contribution in [1.82, 2.24) is 9.78 Å². The number of aromatic carboxylic acids is 1. The van der Waals surface area contributed by atoms with Gasteiger partial charge in [-0.15, -0.1) is 0 Å². The molecule has 6 heteroatoms. The van der Waals surface area contributed by atoms with Crippen LogP contribution in [-0.2, 0) is 12.0 Å². The van der Waals surface area contributed by atoms with E-state index >= 15 is 0 Å². The number of aromatic hydroxyl groups is 1. The summed E-state index contributed by atoms with van der Waals surface area (Å²) in [5, 5.41) is 22.7. The van der Waals surface area contributed by atoms with Crippen LogP contribution >= 0.6 is 0 Å². The summed E-state index contributed by atoms with van der Waals surface area (Å²) < 4.78 is 1.27. The van der Waals surface area contributed by atoms with E-state index in [2.05, 4.69) is 50.1 Å². The first-order valence-electron chi connectivity index (χ1n) is 8.89. The molecule has 6 nitrogen and oxygen atoms in total. The second-order valence-electron chi connectivity index (χ2n) is 7.68. The zero-order chi connectivity index (χ0) is 20.5. The Kier molecular flexibility index (Phi) is 5.05. The largest absolute Gasteiger partial charge is 0.503 e. The van der Waals surface area contributed by atoms with Crippen LogP contribution in [0.15, 0.2) is 59.5 Å². The average molecular weight is 378 g/mol. The summed E-state index contributed by atoms with van der Waals surface area (Å²) >= 11 is 0. The van der Waals surface area contributed by atoms with Gasteiger partial charge < -0.3 is 10.2 Å². The van der Waals surface area contributed by atoms with Crippen LogP contribution in [0.1, 0.15) is 42.4 Å². The highest BCUT2D eigenvalue weighted by Crippen LogP contribution is 2.28. The van der Waals surface area contributed by atoms with Crippen molar-refractivity contribution in [1.29, 1.82) is 0 Å². The van der Waals surface area contributed by atoms with E-state index in [1.54, 1.807) is 0 Å². The standard InChI is InChI=1S/C22H22N2O4/c1-22(2,3)16-10-8-14(9-11-16)17-7-5-4-6-15(17)12-24-13-18(25)20(26)19(23-24)21(27)28/h4-11,13,25H,12H2,1-3H3,(H,27,28). The molecule has 1 aromatic heterocycles. The summed E-state index contributed by atoms with van der Waals surface area (Å²) in [6.07, 6.45) is 1.15. The first-order valence-corrected chi connectivity index (χ1v) is 8.89. The predicted octanol–water partition coefficient (Wildman–Crippen LogP) is 3.66. The van der Waals surface area contributed by atoms with Crippen LogP contribution in [-0.4, -0.2) is 26.0 Å². The SMILES string of the molecule is CC(C)(C)c1ccc(-c2ccccc2Cn2cc(O)c(=O)c(C(=O)O)n2)cc1. The quantitative estimate of drug-likeness (QED) is 0.723.